The third kappa shape index (κ3) is 6.02. The van der Waals surface area contributed by atoms with Gasteiger partial charge in [-0.3, -0.25) is 9.48 Å². The lowest BCUT2D eigenvalue weighted by Crippen LogP contribution is -2.48. The number of hydrogen-bond donors (Lipinski definition) is 2. The van der Waals surface area contributed by atoms with Crippen molar-refractivity contribution in [3.05, 3.63) is 30.1 Å². The van der Waals surface area contributed by atoms with Crippen LogP contribution < -0.4 is 5.32 Å². The van der Waals surface area contributed by atoms with Crippen molar-refractivity contribution in [2.75, 3.05) is 26.7 Å². The van der Waals surface area contributed by atoms with E-state index in [4.69, 9.17) is 9.90 Å². The van der Waals surface area contributed by atoms with Gasteiger partial charge in [-0.1, -0.05) is 12.8 Å². The molecule has 1 aliphatic carbocycles. The average molecular weight is 454 g/mol. The molecule has 2 aromatic rings. The normalized spacial score (nSPS) is 16.8. The monoisotopic (exact) mass is 454 g/mol. The van der Waals surface area contributed by atoms with Crippen LogP contribution >= 0.6 is 0 Å². The molecule has 4 rings (SSSR count). The number of rotatable bonds is 5. The summed E-state index contributed by atoms with van der Waals surface area (Å²) in [7, 11) is 1.82. The van der Waals surface area contributed by atoms with E-state index in [1.54, 1.807) is 11.0 Å². The van der Waals surface area contributed by atoms with Gasteiger partial charge >= 0.3 is 12.1 Å². The number of hydrogen-bond acceptors (Lipinski definition) is 6. The molecule has 1 amide bonds. The largest absolute Gasteiger partial charge is 0.490 e. The predicted octanol–water partition coefficient (Wildman–Crippen LogP) is 2.38. The van der Waals surface area contributed by atoms with Crippen molar-refractivity contribution in [1.82, 2.24) is 30.2 Å². The smallest absolute Gasteiger partial charge is 0.475 e. The molecule has 0 spiro atoms. The van der Waals surface area contributed by atoms with Crippen LogP contribution in [0.1, 0.15) is 42.2 Å². The molecule has 0 atom stereocenters. The zero-order chi connectivity index (χ0) is 23.3. The quantitative estimate of drug-likeness (QED) is 0.713. The zero-order valence-corrected chi connectivity index (χ0v) is 17.5. The number of halogens is 3. The van der Waals surface area contributed by atoms with Gasteiger partial charge < -0.3 is 15.3 Å². The standard InChI is InChI=1S/C18H24N6O.C2HF3O2/c1-23(12-13-10-19-11-13)18(25)17-7-6-15(20-21-17)16-8-9-24(22-16)14-4-2-3-5-14;3-2(4,5)1(6)7/h6-9,13-14,19H,2-5,10-12H2,1H3;(H,6,7). The maximum atomic E-state index is 12.4. The van der Waals surface area contributed by atoms with Crippen molar-refractivity contribution in [2.24, 2.45) is 5.92 Å². The minimum atomic E-state index is -5.08. The summed E-state index contributed by atoms with van der Waals surface area (Å²) < 4.78 is 33.8. The fraction of sp³-hybridized carbons (Fsp3) is 0.550. The third-order valence-electron chi connectivity index (χ3n) is 5.44. The van der Waals surface area contributed by atoms with Crippen molar-refractivity contribution in [1.29, 1.82) is 0 Å². The lowest BCUT2D eigenvalue weighted by atomic mass is 10.0. The Bertz CT molecular complexity index is 921. The van der Waals surface area contributed by atoms with Gasteiger partial charge in [0.15, 0.2) is 5.69 Å². The molecule has 2 fully saturated rings. The molecule has 0 unspecified atom stereocenters. The number of carbonyl (C=O) groups excluding carboxylic acids is 1. The van der Waals surface area contributed by atoms with Gasteiger partial charge in [-0.15, -0.1) is 10.2 Å². The Kier molecular flexibility index (Phi) is 7.44. The number of carbonyl (C=O) groups is 2. The van der Waals surface area contributed by atoms with Gasteiger partial charge in [0.2, 0.25) is 0 Å². The van der Waals surface area contributed by atoms with Crippen LogP contribution in [0.3, 0.4) is 0 Å². The van der Waals surface area contributed by atoms with E-state index in [0.29, 0.717) is 23.3 Å². The van der Waals surface area contributed by atoms with Crippen LogP contribution in [0.25, 0.3) is 11.4 Å². The van der Waals surface area contributed by atoms with Gasteiger partial charge in [0.05, 0.1) is 6.04 Å². The van der Waals surface area contributed by atoms with E-state index < -0.39 is 12.1 Å². The molecule has 1 aliphatic heterocycles. The van der Waals surface area contributed by atoms with E-state index in [2.05, 4.69) is 20.6 Å². The van der Waals surface area contributed by atoms with E-state index in [1.165, 1.54) is 25.7 Å². The maximum absolute atomic E-state index is 12.4. The Hall–Kier alpha value is -3.02. The molecule has 9 nitrogen and oxygen atoms in total. The fourth-order valence-corrected chi connectivity index (χ4v) is 3.57. The Balaban J connectivity index is 0.000000360. The Morgan fingerprint density at radius 3 is 2.31 bits per heavy atom. The number of aromatic nitrogens is 4. The van der Waals surface area contributed by atoms with Crippen LogP contribution in [0.4, 0.5) is 13.2 Å². The fourth-order valence-electron chi connectivity index (χ4n) is 3.57. The molecular weight excluding hydrogens is 429 g/mol. The second kappa shape index (κ2) is 10.1. The first-order valence-electron chi connectivity index (χ1n) is 10.3. The summed E-state index contributed by atoms with van der Waals surface area (Å²) in [5.74, 6) is -2.30. The summed E-state index contributed by atoms with van der Waals surface area (Å²) in [5.41, 5.74) is 1.90. The molecule has 2 aliphatic rings. The Morgan fingerprint density at radius 2 is 1.81 bits per heavy atom. The number of nitrogens with one attached hydrogen (secondary N) is 1. The number of amides is 1. The highest BCUT2D eigenvalue weighted by atomic mass is 19.4. The van der Waals surface area contributed by atoms with Crippen molar-refractivity contribution >= 4 is 11.9 Å². The van der Waals surface area contributed by atoms with Crippen molar-refractivity contribution in [3.63, 3.8) is 0 Å². The van der Waals surface area contributed by atoms with Gasteiger partial charge in [-0.2, -0.15) is 18.3 Å². The highest BCUT2D eigenvalue weighted by Gasteiger charge is 2.38. The highest BCUT2D eigenvalue weighted by Crippen LogP contribution is 2.29. The summed E-state index contributed by atoms with van der Waals surface area (Å²) in [4.78, 5) is 23.1. The molecule has 2 N–H and O–H groups in total. The van der Waals surface area contributed by atoms with Crippen LogP contribution in [0.5, 0.6) is 0 Å². The molecule has 0 bridgehead atoms. The topological polar surface area (TPSA) is 113 Å². The molecule has 32 heavy (non-hydrogen) atoms. The first-order valence-corrected chi connectivity index (χ1v) is 10.3. The highest BCUT2D eigenvalue weighted by molar-refractivity contribution is 5.92. The van der Waals surface area contributed by atoms with Gasteiger partial charge in [0, 0.05) is 38.8 Å². The van der Waals surface area contributed by atoms with Crippen LogP contribution in [-0.2, 0) is 4.79 Å². The average Bonchev–Trinajstić information content (AvgIpc) is 3.41. The maximum Gasteiger partial charge on any atom is 0.490 e. The molecule has 12 heteroatoms. The number of aliphatic carboxylic acids is 1. The molecule has 3 heterocycles. The van der Waals surface area contributed by atoms with E-state index in [9.17, 15) is 18.0 Å². The molecule has 0 radical (unpaired) electrons. The SMILES string of the molecule is CN(CC1CNC1)C(=O)c1ccc(-c2ccn(C3CCCC3)n2)nn1.O=C(O)C(F)(F)F. The van der Waals surface area contributed by atoms with E-state index in [1.807, 2.05) is 30.1 Å². The number of carboxylic acid groups (broad SMARTS) is 1. The van der Waals surface area contributed by atoms with E-state index in [-0.39, 0.29) is 5.91 Å². The van der Waals surface area contributed by atoms with Crippen molar-refractivity contribution < 1.29 is 27.9 Å². The molecule has 174 valence electrons. The van der Waals surface area contributed by atoms with Crippen molar-refractivity contribution in [3.8, 4) is 11.4 Å². The molecule has 1 saturated carbocycles. The van der Waals surface area contributed by atoms with E-state index in [0.717, 1.165) is 25.3 Å². The second-order valence-electron chi connectivity index (χ2n) is 7.94. The lowest BCUT2D eigenvalue weighted by molar-refractivity contribution is -0.192. The summed E-state index contributed by atoms with van der Waals surface area (Å²) in [6.07, 6.45) is 1.89. The van der Waals surface area contributed by atoms with Gasteiger partial charge in [-0.25, -0.2) is 4.79 Å². The minimum Gasteiger partial charge on any atom is -0.475 e. The van der Waals surface area contributed by atoms with Crippen LogP contribution in [-0.4, -0.2) is 74.7 Å². The molecular formula is C20H25F3N6O3. The van der Waals surface area contributed by atoms with Gasteiger partial charge in [-0.05, 0) is 31.0 Å². The minimum absolute atomic E-state index is 0.0811. The summed E-state index contributed by atoms with van der Waals surface area (Å²) in [6.45, 7) is 2.71. The molecule has 0 aromatic carbocycles. The lowest BCUT2D eigenvalue weighted by Gasteiger charge is -2.31. The van der Waals surface area contributed by atoms with Crippen molar-refractivity contribution in [2.45, 2.75) is 37.9 Å². The van der Waals surface area contributed by atoms with Gasteiger partial charge in [0.1, 0.15) is 11.4 Å². The van der Waals surface area contributed by atoms with Gasteiger partial charge in [0.25, 0.3) is 5.91 Å². The Labute approximate surface area is 182 Å². The summed E-state index contributed by atoms with van der Waals surface area (Å²) in [6, 6.07) is 6.06. The third-order valence-corrected chi connectivity index (χ3v) is 5.44. The van der Waals surface area contributed by atoms with Crippen LogP contribution in [0.15, 0.2) is 24.4 Å². The van der Waals surface area contributed by atoms with Crippen LogP contribution in [0.2, 0.25) is 0 Å². The molecule has 1 saturated heterocycles. The number of alkyl halides is 3. The summed E-state index contributed by atoms with van der Waals surface area (Å²) >= 11 is 0. The van der Waals surface area contributed by atoms with E-state index >= 15 is 0 Å². The predicted molar refractivity (Wildman–Crippen MR) is 108 cm³/mol. The first kappa shape index (κ1) is 23.6. The molecule has 2 aromatic heterocycles. The van der Waals surface area contributed by atoms with Crippen LogP contribution in [0, 0.1) is 5.92 Å². The second-order valence-corrected chi connectivity index (χ2v) is 7.94. The number of carboxylic acids is 1. The zero-order valence-electron chi connectivity index (χ0n) is 17.5. The first-order chi connectivity index (χ1) is 15.1. The Morgan fingerprint density at radius 1 is 1.16 bits per heavy atom. The number of nitrogens with zero attached hydrogens (tertiary/aromatic N) is 5. The summed E-state index contributed by atoms with van der Waals surface area (Å²) in [5, 5.41) is 23.3.